The van der Waals surface area contributed by atoms with Gasteiger partial charge in [0, 0.05) is 62.6 Å². The van der Waals surface area contributed by atoms with Crippen molar-refractivity contribution < 1.29 is 14.3 Å². The number of carbonyl (C=O) groups is 1. The Morgan fingerprint density at radius 3 is 2.68 bits per heavy atom. The summed E-state index contributed by atoms with van der Waals surface area (Å²) in [5, 5.41) is 11.0. The van der Waals surface area contributed by atoms with Crippen molar-refractivity contribution >= 4 is 33.5 Å². The van der Waals surface area contributed by atoms with Crippen molar-refractivity contribution in [1.82, 2.24) is 19.3 Å². The van der Waals surface area contributed by atoms with Crippen LogP contribution in [0.15, 0.2) is 0 Å². The standard InChI is InChI=1S/C22H30BrN5O3/c1-4-30-22(29)20-18(13-28-9-7-27(6-5-24)8-10-28)26(3)17-11-16(23)21-15(19(17)20)12-25(2)14-31-21/h11,16,21H,4,6-10,12-14H2,1-3H3. The molecule has 2 atom stereocenters. The average molecular weight is 492 g/mol. The van der Waals surface area contributed by atoms with Gasteiger partial charge in [-0.2, -0.15) is 5.26 Å². The van der Waals surface area contributed by atoms with Crippen LogP contribution in [0, 0.1) is 11.3 Å². The molecule has 3 heterocycles. The fourth-order valence-electron chi connectivity index (χ4n) is 4.78. The lowest BCUT2D eigenvalue weighted by atomic mass is 9.95. The van der Waals surface area contributed by atoms with E-state index in [2.05, 4.69) is 47.3 Å². The van der Waals surface area contributed by atoms with Crippen LogP contribution < -0.4 is 10.6 Å². The Labute approximate surface area is 191 Å². The first kappa shape index (κ1) is 22.5. The highest BCUT2D eigenvalue weighted by molar-refractivity contribution is 9.09. The fraction of sp³-hybridized carbons (Fsp3) is 0.636. The van der Waals surface area contributed by atoms with Gasteiger partial charge in [-0.25, -0.2) is 4.79 Å². The summed E-state index contributed by atoms with van der Waals surface area (Å²) in [7, 11) is 4.06. The van der Waals surface area contributed by atoms with E-state index in [1.165, 1.54) is 0 Å². The number of hydrogen-bond donors (Lipinski definition) is 0. The summed E-state index contributed by atoms with van der Waals surface area (Å²) in [6.07, 6.45) is 2.08. The van der Waals surface area contributed by atoms with Gasteiger partial charge in [-0.15, -0.1) is 0 Å². The van der Waals surface area contributed by atoms with Gasteiger partial charge < -0.3 is 14.0 Å². The first-order valence-corrected chi connectivity index (χ1v) is 11.7. The number of ether oxygens (including phenoxy) is 2. The molecule has 0 amide bonds. The van der Waals surface area contributed by atoms with E-state index in [4.69, 9.17) is 14.7 Å². The molecule has 2 aliphatic heterocycles. The van der Waals surface area contributed by atoms with Crippen molar-refractivity contribution in [3.05, 3.63) is 21.8 Å². The molecule has 0 spiro atoms. The van der Waals surface area contributed by atoms with E-state index in [-0.39, 0.29) is 16.9 Å². The van der Waals surface area contributed by atoms with E-state index in [1.54, 1.807) is 0 Å². The maximum absolute atomic E-state index is 13.2. The number of hydrogen-bond acceptors (Lipinski definition) is 7. The average Bonchev–Trinajstić information content (AvgIpc) is 3.02. The largest absolute Gasteiger partial charge is 0.462 e. The predicted molar refractivity (Wildman–Crippen MR) is 121 cm³/mol. The number of rotatable bonds is 5. The summed E-state index contributed by atoms with van der Waals surface area (Å²) in [6, 6.07) is 2.23. The van der Waals surface area contributed by atoms with Crippen LogP contribution in [0.3, 0.4) is 0 Å². The molecule has 31 heavy (non-hydrogen) atoms. The van der Waals surface area contributed by atoms with E-state index in [0.29, 0.717) is 32.0 Å². The van der Waals surface area contributed by atoms with E-state index in [9.17, 15) is 4.79 Å². The molecule has 3 aliphatic rings. The van der Waals surface area contributed by atoms with Crippen molar-refractivity contribution in [3.63, 3.8) is 0 Å². The predicted octanol–water partition coefficient (Wildman–Crippen LogP) is -0.161. The minimum atomic E-state index is -0.265. The molecule has 4 rings (SSSR count). The SMILES string of the molecule is CCOC(=O)c1c(CN2CCN(CC#N)CC2)n(C)c2c1=C1CN(C)COC1C(Br)C=2. The lowest BCUT2D eigenvalue weighted by Crippen LogP contribution is -2.50. The minimum Gasteiger partial charge on any atom is -0.462 e. The summed E-state index contributed by atoms with van der Waals surface area (Å²) in [4.78, 5) is 19.9. The van der Waals surface area contributed by atoms with E-state index >= 15 is 0 Å². The Kier molecular flexibility index (Phi) is 6.84. The third-order valence-electron chi connectivity index (χ3n) is 6.36. The highest BCUT2D eigenvalue weighted by Crippen LogP contribution is 2.26. The Balaban J connectivity index is 1.78. The number of nitriles is 1. The molecule has 0 bridgehead atoms. The molecule has 1 aromatic rings. The second kappa shape index (κ2) is 9.43. The van der Waals surface area contributed by atoms with Gasteiger partial charge in [0.1, 0.15) is 0 Å². The molecular formula is C22H30BrN5O3. The molecule has 0 N–H and O–H groups in total. The van der Waals surface area contributed by atoms with Gasteiger partial charge in [-0.05, 0) is 25.6 Å². The van der Waals surface area contributed by atoms with Crippen molar-refractivity contribution in [2.24, 2.45) is 7.05 Å². The molecule has 2 saturated heterocycles. The summed E-state index contributed by atoms with van der Waals surface area (Å²) in [6.45, 7) is 8.12. The van der Waals surface area contributed by atoms with Gasteiger partial charge in [0.15, 0.2) is 0 Å². The lowest BCUT2D eigenvalue weighted by molar-refractivity contribution is -0.00204. The van der Waals surface area contributed by atoms with Crippen LogP contribution in [0.5, 0.6) is 0 Å². The minimum absolute atomic E-state index is 0.0646. The van der Waals surface area contributed by atoms with Crippen LogP contribution in [0.2, 0.25) is 0 Å². The highest BCUT2D eigenvalue weighted by Gasteiger charge is 2.35. The number of piperazine rings is 1. The number of nitrogens with zero attached hydrogens (tertiary/aromatic N) is 5. The van der Waals surface area contributed by atoms with Crippen LogP contribution in [-0.2, 0) is 23.1 Å². The fourth-order valence-corrected chi connectivity index (χ4v) is 5.50. The van der Waals surface area contributed by atoms with Gasteiger partial charge in [-0.1, -0.05) is 15.9 Å². The number of aromatic nitrogens is 1. The van der Waals surface area contributed by atoms with Crippen LogP contribution in [-0.4, -0.2) is 95.8 Å². The third kappa shape index (κ3) is 4.32. The van der Waals surface area contributed by atoms with Crippen LogP contribution >= 0.6 is 15.9 Å². The van der Waals surface area contributed by atoms with Crippen LogP contribution in [0.4, 0.5) is 0 Å². The normalized spacial score (nSPS) is 24.8. The lowest BCUT2D eigenvalue weighted by Gasteiger charge is -2.35. The second-order valence-electron chi connectivity index (χ2n) is 8.44. The maximum atomic E-state index is 13.2. The van der Waals surface area contributed by atoms with Crippen molar-refractivity contribution in [3.8, 4) is 6.07 Å². The molecule has 2 fully saturated rings. The molecule has 1 aliphatic carbocycles. The Morgan fingerprint density at radius 2 is 2.00 bits per heavy atom. The zero-order valence-corrected chi connectivity index (χ0v) is 20.0. The summed E-state index contributed by atoms with van der Waals surface area (Å²) in [5.41, 5.74) is 2.79. The van der Waals surface area contributed by atoms with Gasteiger partial charge in [-0.3, -0.25) is 14.7 Å². The molecule has 8 nitrogen and oxygen atoms in total. The van der Waals surface area contributed by atoms with Gasteiger partial charge >= 0.3 is 5.97 Å². The van der Waals surface area contributed by atoms with Gasteiger partial charge in [0.05, 0.1) is 42.4 Å². The molecule has 0 radical (unpaired) electrons. The molecule has 1 aromatic heterocycles. The van der Waals surface area contributed by atoms with E-state index < -0.39 is 0 Å². The molecule has 0 saturated carbocycles. The third-order valence-corrected chi connectivity index (χ3v) is 7.10. The number of fused-ring (bicyclic) bond motifs is 2. The van der Waals surface area contributed by atoms with E-state index in [1.807, 2.05) is 21.0 Å². The smallest absolute Gasteiger partial charge is 0.340 e. The Hall–Kier alpha value is -1.70. The molecule has 2 unspecified atom stereocenters. The summed E-state index contributed by atoms with van der Waals surface area (Å²) >= 11 is 3.78. The Morgan fingerprint density at radius 1 is 1.29 bits per heavy atom. The van der Waals surface area contributed by atoms with Crippen molar-refractivity contribution in [1.29, 1.82) is 5.26 Å². The summed E-state index contributed by atoms with van der Waals surface area (Å²) in [5.74, 6) is -0.265. The Bertz CT molecular complexity index is 1010. The zero-order valence-electron chi connectivity index (χ0n) is 18.4. The molecular weight excluding hydrogens is 462 g/mol. The number of alkyl halides is 1. The van der Waals surface area contributed by atoms with Crippen molar-refractivity contribution in [2.75, 3.05) is 59.7 Å². The van der Waals surface area contributed by atoms with Crippen LogP contribution in [0.1, 0.15) is 23.0 Å². The summed E-state index contributed by atoms with van der Waals surface area (Å²) < 4.78 is 13.8. The number of carbonyl (C=O) groups excluding carboxylic acids is 1. The quantitative estimate of drug-likeness (QED) is 0.321. The molecule has 0 aromatic carbocycles. The number of halogens is 1. The maximum Gasteiger partial charge on any atom is 0.340 e. The zero-order chi connectivity index (χ0) is 22.1. The highest BCUT2D eigenvalue weighted by atomic mass is 79.9. The molecule has 168 valence electrons. The molecule has 9 heteroatoms. The second-order valence-corrected chi connectivity index (χ2v) is 9.50. The van der Waals surface area contributed by atoms with E-state index in [0.717, 1.165) is 54.6 Å². The van der Waals surface area contributed by atoms with Crippen LogP contribution in [0.25, 0.3) is 11.6 Å². The van der Waals surface area contributed by atoms with Gasteiger partial charge in [0.2, 0.25) is 0 Å². The van der Waals surface area contributed by atoms with Gasteiger partial charge in [0.25, 0.3) is 0 Å². The number of esters is 1. The van der Waals surface area contributed by atoms with Crippen molar-refractivity contribution in [2.45, 2.75) is 24.4 Å². The first-order valence-electron chi connectivity index (χ1n) is 10.8. The topological polar surface area (TPSA) is 74.0 Å². The monoisotopic (exact) mass is 491 g/mol. The first-order chi connectivity index (χ1) is 14.9.